The molecule has 0 bridgehead atoms. The zero-order valence-electron chi connectivity index (χ0n) is 21.6. The molecule has 1 N–H and O–H groups in total. The van der Waals surface area contributed by atoms with Crippen molar-refractivity contribution >= 4 is 48.9 Å². The van der Waals surface area contributed by atoms with E-state index < -0.39 is 32.5 Å². The molecule has 3 aromatic rings. The number of sulfonamides is 2. The van der Waals surface area contributed by atoms with Gasteiger partial charge in [-0.3, -0.25) is 9.10 Å². The third-order valence-electron chi connectivity index (χ3n) is 6.37. The van der Waals surface area contributed by atoms with E-state index in [4.69, 9.17) is 16.3 Å². The van der Waals surface area contributed by atoms with Crippen LogP contribution in [0.1, 0.15) is 24.8 Å². The lowest BCUT2D eigenvalue weighted by atomic mass is 10.2. The summed E-state index contributed by atoms with van der Waals surface area (Å²) < 4.78 is 61.5. The van der Waals surface area contributed by atoms with E-state index in [2.05, 4.69) is 5.32 Å². The fourth-order valence-corrected chi connectivity index (χ4v) is 7.61. The van der Waals surface area contributed by atoms with Crippen molar-refractivity contribution in [1.29, 1.82) is 0 Å². The van der Waals surface area contributed by atoms with E-state index in [1.807, 2.05) is 6.92 Å². The predicted molar refractivity (Wildman–Crippen MR) is 151 cm³/mol. The summed E-state index contributed by atoms with van der Waals surface area (Å²) in [5, 5.41) is 2.94. The number of carbonyl (C=O) groups excluding carboxylic acids is 1. The number of methoxy groups -OCH3 is 1. The van der Waals surface area contributed by atoms with Gasteiger partial charge in [-0.2, -0.15) is 4.31 Å². The van der Waals surface area contributed by atoms with Crippen LogP contribution >= 0.6 is 11.6 Å². The summed E-state index contributed by atoms with van der Waals surface area (Å²) in [6.45, 7) is 2.09. The molecule has 1 aliphatic heterocycles. The molecule has 3 aromatic carbocycles. The first-order valence-corrected chi connectivity index (χ1v) is 15.6. The number of halogens is 1. The van der Waals surface area contributed by atoms with Crippen molar-refractivity contribution in [3.63, 3.8) is 0 Å². The summed E-state index contributed by atoms with van der Waals surface area (Å²) in [5.41, 5.74) is 1.28. The summed E-state index contributed by atoms with van der Waals surface area (Å²) in [6, 6.07) is 16.8. The lowest BCUT2D eigenvalue weighted by molar-refractivity contribution is -0.114. The number of anilines is 2. The summed E-state index contributed by atoms with van der Waals surface area (Å²) in [5.74, 6) is -0.516. The maximum atomic E-state index is 13.6. The SMILES string of the molecule is COc1ccc(NC(=O)CN(c2cccc(Cl)c2)S(=O)(=O)c2ccc(C)cc2)cc1S(=O)(=O)N1CCCCC1. The second-order valence-corrected chi connectivity index (χ2v) is 13.4. The molecular weight excluding hydrogens is 562 g/mol. The van der Waals surface area contributed by atoms with Crippen LogP contribution in [0.4, 0.5) is 11.4 Å². The number of hydrogen-bond donors (Lipinski definition) is 1. The molecule has 208 valence electrons. The molecule has 0 atom stereocenters. The average molecular weight is 592 g/mol. The van der Waals surface area contributed by atoms with Gasteiger partial charge in [0.2, 0.25) is 15.9 Å². The van der Waals surface area contributed by atoms with Gasteiger partial charge >= 0.3 is 0 Å². The van der Waals surface area contributed by atoms with Gasteiger partial charge in [-0.1, -0.05) is 41.8 Å². The average Bonchev–Trinajstić information content (AvgIpc) is 2.92. The highest BCUT2D eigenvalue weighted by molar-refractivity contribution is 7.92. The lowest BCUT2D eigenvalue weighted by Crippen LogP contribution is -2.38. The molecule has 1 heterocycles. The zero-order chi connectivity index (χ0) is 28.2. The van der Waals surface area contributed by atoms with Gasteiger partial charge in [0, 0.05) is 23.8 Å². The van der Waals surface area contributed by atoms with Crippen LogP contribution in [0.25, 0.3) is 0 Å². The number of rotatable bonds is 9. The molecule has 12 heteroatoms. The molecule has 1 fully saturated rings. The maximum absolute atomic E-state index is 13.6. The first-order chi connectivity index (χ1) is 18.5. The van der Waals surface area contributed by atoms with Crippen molar-refractivity contribution in [2.24, 2.45) is 0 Å². The number of nitrogens with zero attached hydrogens (tertiary/aromatic N) is 2. The number of benzene rings is 3. The Morgan fingerprint density at radius 3 is 2.31 bits per heavy atom. The van der Waals surface area contributed by atoms with Crippen molar-refractivity contribution in [2.75, 3.05) is 36.4 Å². The molecular formula is C27H30ClN3O6S2. The first-order valence-electron chi connectivity index (χ1n) is 12.4. The van der Waals surface area contributed by atoms with Crippen LogP contribution in [0.3, 0.4) is 0 Å². The van der Waals surface area contributed by atoms with Crippen LogP contribution in [0.5, 0.6) is 5.75 Å². The van der Waals surface area contributed by atoms with Crippen LogP contribution < -0.4 is 14.4 Å². The highest BCUT2D eigenvalue weighted by Crippen LogP contribution is 2.32. The normalized spacial score (nSPS) is 14.5. The fourth-order valence-electron chi connectivity index (χ4n) is 4.32. The monoisotopic (exact) mass is 591 g/mol. The summed E-state index contributed by atoms with van der Waals surface area (Å²) in [4.78, 5) is 13.1. The summed E-state index contributed by atoms with van der Waals surface area (Å²) in [7, 11) is -6.62. The van der Waals surface area contributed by atoms with Crippen molar-refractivity contribution < 1.29 is 26.4 Å². The zero-order valence-corrected chi connectivity index (χ0v) is 24.0. The van der Waals surface area contributed by atoms with Crippen molar-refractivity contribution in [3.05, 3.63) is 77.3 Å². The van der Waals surface area contributed by atoms with Gasteiger partial charge in [0.1, 0.15) is 17.2 Å². The van der Waals surface area contributed by atoms with Gasteiger partial charge in [-0.15, -0.1) is 0 Å². The molecule has 1 saturated heterocycles. The van der Waals surface area contributed by atoms with Crippen molar-refractivity contribution in [1.82, 2.24) is 4.31 Å². The van der Waals surface area contributed by atoms with Crippen molar-refractivity contribution in [3.8, 4) is 5.75 Å². The Morgan fingerprint density at radius 1 is 0.974 bits per heavy atom. The lowest BCUT2D eigenvalue weighted by Gasteiger charge is -2.27. The third-order valence-corrected chi connectivity index (χ3v) is 10.3. The largest absolute Gasteiger partial charge is 0.495 e. The van der Waals surface area contributed by atoms with E-state index in [-0.39, 0.29) is 26.9 Å². The molecule has 0 aliphatic carbocycles. The van der Waals surface area contributed by atoms with Gasteiger partial charge < -0.3 is 10.1 Å². The topological polar surface area (TPSA) is 113 Å². The highest BCUT2D eigenvalue weighted by atomic mass is 35.5. The molecule has 0 spiro atoms. The molecule has 4 rings (SSSR count). The van der Waals surface area contributed by atoms with Crippen LogP contribution in [0.2, 0.25) is 5.02 Å². The first kappa shape index (κ1) is 28.9. The van der Waals surface area contributed by atoms with Crippen LogP contribution in [-0.2, 0) is 24.8 Å². The van der Waals surface area contributed by atoms with Gasteiger partial charge in [0.05, 0.1) is 17.7 Å². The summed E-state index contributed by atoms with van der Waals surface area (Å²) in [6.07, 6.45) is 2.51. The van der Waals surface area contributed by atoms with Crippen LogP contribution in [-0.4, -0.2) is 53.8 Å². The van der Waals surface area contributed by atoms with Crippen LogP contribution in [0.15, 0.2) is 76.5 Å². The van der Waals surface area contributed by atoms with E-state index in [9.17, 15) is 21.6 Å². The van der Waals surface area contributed by atoms with E-state index in [0.29, 0.717) is 18.1 Å². The maximum Gasteiger partial charge on any atom is 0.264 e. The Kier molecular flexibility index (Phi) is 8.85. The standard InChI is InChI=1S/C27H30ClN3O6S2/c1-20-9-12-24(13-10-20)38(33,34)31(23-8-6-7-21(28)17-23)19-27(32)29-22-11-14-25(37-2)26(18-22)39(35,36)30-15-4-3-5-16-30/h6-14,17-18H,3-5,15-16,19H2,1-2H3,(H,29,32). The molecule has 39 heavy (non-hydrogen) atoms. The summed E-state index contributed by atoms with van der Waals surface area (Å²) >= 11 is 6.13. The molecule has 0 radical (unpaired) electrons. The van der Waals surface area contributed by atoms with E-state index >= 15 is 0 Å². The molecule has 1 aliphatic rings. The Labute approximate surface area is 234 Å². The van der Waals surface area contributed by atoms with Gasteiger partial charge in [0.15, 0.2) is 0 Å². The quantitative estimate of drug-likeness (QED) is 0.387. The number of ether oxygens (including phenoxy) is 1. The van der Waals surface area contributed by atoms with Crippen LogP contribution in [0, 0.1) is 6.92 Å². The predicted octanol–water partition coefficient (Wildman–Crippen LogP) is 4.67. The molecule has 1 amide bonds. The Bertz CT molecular complexity index is 1550. The molecule has 0 aromatic heterocycles. The minimum absolute atomic E-state index is 0.0141. The second-order valence-electron chi connectivity index (χ2n) is 9.18. The number of aryl methyl sites for hydroxylation is 1. The van der Waals surface area contributed by atoms with Gasteiger partial charge in [0.25, 0.3) is 10.0 Å². The number of carbonyl (C=O) groups is 1. The minimum Gasteiger partial charge on any atom is -0.495 e. The van der Waals surface area contributed by atoms with Crippen molar-refractivity contribution in [2.45, 2.75) is 36.0 Å². The molecule has 9 nitrogen and oxygen atoms in total. The highest BCUT2D eigenvalue weighted by Gasteiger charge is 2.30. The minimum atomic E-state index is -4.14. The van der Waals surface area contributed by atoms with Gasteiger partial charge in [-0.05, 0) is 68.3 Å². The van der Waals surface area contributed by atoms with E-state index in [0.717, 1.165) is 29.1 Å². The number of amides is 1. The molecule has 0 saturated carbocycles. The van der Waals surface area contributed by atoms with E-state index in [1.165, 1.54) is 47.8 Å². The Hall–Kier alpha value is -3.12. The molecule has 0 unspecified atom stereocenters. The number of piperidine rings is 1. The smallest absolute Gasteiger partial charge is 0.264 e. The van der Waals surface area contributed by atoms with E-state index in [1.54, 1.807) is 30.3 Å². The fraction of sp³-hybridized carbons (Fsp3) is 0.296. The number of hydrogen-bond acceptors (Lipinski definition) is 6. The van der Waals surface area contributed by atoms with Gasteiger partial charge in [-0.25, -0.2) is 16.8 Å². The Balaban J connectivity index is 1.64. The third kappa shape index (κ3) is 6.55. The number of nitrogens with one attached hydrogen (secondary N) is 1. The second kappa shape index (κ2) is 12.0. The Morgan fingerprint density at radius 2 is 1.67 bits per heavy atom.